The fourth-order valence-electron chi connectivity index (χ4n) is 1.76. The average Bonchev–Trinajstić information content (AvgIpc) is 2.89. The molecule has 0 atom stereocenters. The summed E-state index contributed by atoms with van der Waals surface area (Å²) in [6.45, 7) is 6.98. The van der Waals surface area contributed by atoms with Gasteiger partial charge in [-0.05, 0) is 0 Å². The van der Waals surface area contributed by atoms with E-state index in [4.69, 9.17) is 5.73 Å². The second-order valence-corrected chi connectivity index (χ2v) is 7.10. The molecule has 0 bridgehead atoms. The maximum atomic E-state index is 6.00. The zero-order chi connectivity index (χ0) is 13.7. The van der Waals surface area contributed by atoms with Crippen molar-refractivity contribution in [2.75, 3.05) is 31.1 Å². The van der Waals surface area contributed by atoms with Crippen LogP contribution < -0.4 is 5.73 Å². The van der Waals surface area contributed by atoms with E-state index in [9.17, 15) is 0 Å². The normalized spacial score (nSPS) is 16.4. The molecule has 2 rings (SSSR count). The van der Waals surface area contributed by atoms with Gasteiger partial charge in [0.25, 0.3) is 0 Å². The molecule has 0 spiro atoms. The zero-order valence-corrected chi connectivity index (χ0v) is 15.9. The third-order valence-corrected chi connectivity index (χ3v) is 5.14. The van der Waals surface area contributed by atoms with Crippen molar-refractivity contribution in [3.63, 3.8) is 0 Å². The van der Waals surface area contributed by atoms with Crippen LogP contribution in [0.15, 0.2) is 4.99 Å². The number of rotatable bonds is 4. The summed E-state index contributed by atoms with van der Waals surface area (Å²) in [6, 6.07) is 0. The molecule has 0 saturated carbocycles. The van der Waals surface area contributed by atoms with Crippen LogP contribution in [-0.4, -0.2) is 52.2 Å². The molecule has 1 fully saturated rings. The molecule has 0 aliphatic carbocycles. The quantitative estimate of drug-likeness (QED) is 0.453. The Labute approximate surface area is 145 Å². The average molecular weight is 427 g/mol. The van der Waals surface area contributed by atoms with E-state index >= 15 is 0 Å². The van der Waals surface area contributed by atoms with E-state index in [1.807, 2.05) is 11.8 Å². The minimum Gasteiger partial charge on any atom is -0.370 e. The minimum absolute atomic E-state index is 0. The van der Waals surface area contributed by atoms with Crippen molar-refractivity contribution >= 4 is 53.0 Å². The number of halogens is 1. The topological polar surface area (TPSA) is 67.4 Å². The van der Waals surface area contributed by atoms with Gasteiger partial charge < -0.3 is 10.6 Å². The van der Waals surface area contributed by atoms with Crippen molar-refractivity contribution in [1.82, 2.24) is 15.1 Å². The third kappa shape index (κ3) is 5.36. The van der Waals surface area contributed by atoms with Crippen molar-refractivity contribution in [2.24, 2.45) is 10.7 Å². The van der Waals surface area contributed by atoms with Crippen molar-refractivity contribution in [3.05, 3.63) is 10.0 Å². The molecule has 1 saturated heterocycles. The smallest absolute Gasteiger partial charge is 0.191 e. The molecule has 1 aliphatic heterocycles. The van der Waals surface area contributed by atoms with Crippen LogP contribution in [0.1, 0.15) is 29.8 Å². The Hall–Kier alpha value is -0.0900. The van der Waals surface area contributed by atoms with E-state index in [0.29, 0.717) is 18.4 Å². The monoisotopic (exact) mass is 427 g/mol. The van der Waals surface area contributed by atoms with Gasteiger partial charge in [-0.2, -0.15) is 11.8 Å². The van der Waals surface area contributed by atoms with Crippen LogP contribution in [0.3, 0.4) is 0 Å². The third-order valence-electron chi connectivity index (χ3n) is 2.91. The first kappa shape index (κ1) is 18.0. The Morgan fingerprint density at radius 3 is 2.65 bits per heavy atom. The maximum Gasteiger partial charge on any atom is 0.191 e. The lowest BCUT2D eigenvalue weighted by atomic mass is 10.2. The molecule has 114 valence electrons. The number of thioether (sulfide) groups is 1. The van der Waals surface area contributed by atoms with Crippen LogP contribution >= 0.6 is 47.1 Å². The second-order valence-electron chi connectivity index (χ2n) is 4.78. The minimum atomic E-state index is 0. The molecule has 5 nitrogen and oxygen atoms in total. The standard InChI is InChI=1S/C12H21N5S2.HI/c1-9(2)11-16-15-10(19-11)3-4-14-12(13)17-5-7-18-8-6-17;/h9H,3-8H2,1-2H3,(H2,13,14);1H. The lowest BCUT2D eigenvalue weighted by molar-refractivity contribution is 0.456. The molecule has 0 aromatic carbocycles. The first-order chi connectivity index (χ1) is 9.16. The number of guanidine groups is 1. The number of hydrogen-bond donors (Lipinski definition) is 1. The number of hydrogen-bond acceptors (Lipinski definition) is 5. The van der Waals surface area contributed by atoms with Gasteiger partial charge in [0.15, 0.2) is 5.96 Å². The van der Waals surface area contributed by atoms with Gasteiger partial charge in [-0.25, -0.2) is 0 Å². The molecular formula is C12H22IN5S2. The number of aromatic nitrogens is 2. The lowest BCUT2D eigenvalue weighted by Crippen LogP contribution is -2.42. The van der Waals surface area contributed by atoms with E-state index in [2.05, 4.69) is 33.9 Å². The summed E-state index contributed by atoms with van der Waals surface area (Å²) in [4.78, 5) is 6.61. The van der Waals surface area contributed by atoms with Crippen LogP contribution in [0.2, 0.25) is 0 Å². The molecule has 2 heterocycles. The van der Waals surface area contributed by atoms with Gasteiger partial charge >= 0.3 is 0 Å². The van der Waals surface area contributed by atoms with Crippen molar-refractivity contribution in [3.8, 4) is 0 Å². The van der Waals surface area contributed by atoms with Crippen LogP contribution in [0, 0.1) is 0 Å². The Bertz CT molecular complexity index is 429. The molecule has 0 unspecified atom stereocenters. The number of nitrogens with two attached hydrogens (primary N) is 1. The van der Waals surface area contributed by atoms with E-state index in [0.717, 1.165) is 41.0 Å². The largest absolute Gasteiger partial charge is 0.370 e. The Kier molecular flexibility index (Phi) is 8.11. The molecule has 1 aromatic rings. The molecule has 0 amide bonds. The van der Waals surface area contributed by atoms with Gasteiger partial charge in [-0.3, -0.25) is 4.99 Å². The first-order valence-electron chi connectivity index (χ1n) is 6.61. The van der Waals surface area contributed by atoms with Gasteiger partial charge in [0.2, 0.25) is 0 Å². The van der Waals surface area contributed by atoms with E-state index in [1.165, 1.54) is 0 Å². The highest BCUT2D eigenvalue weighted by molar-refractivity contribution is 14.0. The summed E-state index contributed by atoms with van der Waals surface area (Å²) < 4.78 is 0. The summed E-state index contributed by atoms with van der Waals surface area (Å²) in [7, 11) is 0. The molecule has 1 aromatic heterocycles. The van der Waals surface area contributed by atoms with E-state index < -0.39 is 0 Å². The maximum absolute atomic E-state index is 6.00. The molecular weight excluding hydrogens is 405 g/mol. The van der Waals surface area contributed by atoms with Crippen LogP contribution in [0.4, 0.5) is 0 Å². The number of nitrogens with zero attached hydrogens (tertiary/aromatic N) is 4. The summed E-state index contributed by atoms with van der Waals surface area (Å²) >= 11 is 3.65. The van der Waals surface area contributed by atoms with Gasteiger partial charge in [-0.1, -0.05) is 13.8 Å². The highest BCUT2D eigenvalue weighted by atomic mass is 127. The van der Waals surface area contributed by atoms with Gasteiger partial charge in [0, 0.05) is 43.5 Å². The SMILES string of the molecule is CC(C)c1nnc(CCN=C(N)N2CCSCC2)s1.I. The lowest BCUT2D eigenvalue weighted by Gasteiger charge is -2.27. The molecule has 0 radical (unpaired) electrons. The van der Waals surface area contributed by atoms with Gasteiger partial charge in [0.1, 0.15) is 10.0 Å². The molecule has 20 heavy (non-hydrogen) atoms. The fraction of sp³-hybridized carbons (Fsp3) is 0.750. The Morgan fingerprint density at radius 1 is 1.35 bits per heavy atom. The predicted molar refractivity (Wildman–Crippen MR) is 98.5 cm³/mol. The van der Waals surface area contributed by atoms with Crippen molar-refractivity contribution in [2.45, 2.75) is 26.2 Å². The van der Waals surface area contributed by atoms with Crippen LogP contribution in [0.5, 0.6) is 0 Å². The molecule has 8 heteroatoms. The van der Waals surface area contributed by atoms with Crippen molar-refractivity contribution in [1.29, 1.82) is 0 Å². The summed E-state index contributed by atoms with van der Waals surface area (Å²) in [5.41, 5.74) is 6.00. The fourth-order valence-corrected chi connectivity index (χ4v) is 3.50. The summed E-state index contributed by atoms with van der Waals surface area (Å²) in [6.07, 6.45) is 0.827. The predicted octanol–water partition coefficient (Wildman–Crippen LogP) is 2.19. The highest BCUT2D eigenvalue weighted by Crippen LogP contribution is 2.19. The highest BCUT2D eigenvalue weighted by Gasteiger charge is 2.12. The van der Waals surface area contributed by atoms with Gasteiger partial charge in [-0.15, -0.1) is 45.5 Å². The van der Waals surface area contributed by atoms with E-state index in [1.54, 1.807) is 11.3 Å². The van der Waals surface area contributed by atoms with Crippen LogP contribution in [0.25, 0.3) is 0 Å². The summed E-state index contributed by atoms with van der Waals surface area (Å²) in [5, 5.41) is 10.5. The Morgan fingerprint density at radius 2 is 2.05 bits per heavy atom. The van der Waals surface area contributed by atoms with E-state index in [-0.39, 0.29) is 24.0 Å². The summed E-state index contributed by atoms with van der Waals surface area (Å²) in [5.74, 6) is 3.41. The molecule has 2 N–H and O–H groups in total. The first-order valence-corrected chi connectivity index (χ1v) is 8.59. The second kappa shape index (κ2) is 9.04. The van der Waals surface area contributed by atoms with Gasteiger partial charge in [0.05, 0.1) is 0 Å². The Balaban J connectivity index is 0.00000200. The number of aliphatic imine (C=N–C) groups is 1. The van der Waals surface area contributed by atoms with Crippen LogP contribution in [-0.2, 0) is 6.42 Å². The van der Waals surface area contributed by atoms with Crippen molar-refractivity contribution < 1.29 is 0 Å². The molecule has 1 aliphatic rings. The zero-order valence-electron chi connectivity index (χ0n) is 11.9.